The number of carbonyl (C=O) groups is 2. The van der Waals surface area contributed by atoms with Crippen LogP contribution in [0.25, 0.3) is 0 Å². The lowest BCUT2D eigenvalue weighted by molar-refractivity contribution is -0.127. The molecule has 2 aromatic carbocycles. The third kappa shape index (κ3) is 2.85. The second-order valence-corrected chi connectivity index (χ2v) is 5.92. The van der Waals surface area contributed by atoms with E-state index in [4.69, 9.17) is 4.74 Å². The van der Waals surface area contributed by atoms with Crippen molar-refractivity contribution < 1.29 is 14.3 Å². The number of ether oxygens (including phenoxy) is 1. The number of nitrogens with zero attached hydrogens (tertiary/aromatic N) is 1. The van der Waals surface area contributed by atoms with E-state index in [9.17, 15) is 9.59 Å². The van der Waals surface area contributed by atoms with Crippen LogP contribution in [0.15, 0.2) is 42.5 Å². The summed E-state index contributed by atoms with van der Waals surface area (Å²) in [5.74, 6) is 0.167. The molecule has 1 atom stereocenters. The van der Waals surface area contributed by atoms with E-state index in [-0.39, 0.29) is 18.4 Å². The number of rotatable bonds is 2. The van der Waals surface area contributed by atoms with Gasteiger partial charge in [0.2, 0.25) is 0 Å². The summed E-state index contributed by atoms with van der Waals surface area (Å²) in [4.78, 5) is 26.8. The SMILES string of the molecule is CNC(=O)C1CN(C(=O)c2cc(C)ccc2C)c2ccccc2O1. The van der Waals surface area contributed by atoms with Gasteiger partial charge in [0.25, 0.3) is 11.8 Å². The molecule has 0 aromatic heterocycles. The van der Waals surface area contributed by atoms with Crippen molar-refractivity contribution in [2.45, 2.75) is 20.0 Å². The van der Waals surface area contributed by atoms with Gasteiger partial charge in [-0.1, -0.05) is 29.8 Å². The van der Waals surface area contributed by atoms with Crippen LogP contribution in [0.1, 0.15) is 21.5 Å². The van der Waals surface area contributed by atoms with Crippen molar-refractivity contribution in [3.8, 4) is 5.75 Å². The molecule has 0 saturated carbocycles. The zero-order valence-electron chi connectivity index (χ0n) is 14.0. The van der Waals surface area contributed by atoms with Gasteiger partial charge in [-0.25, -0.2) is 0 Å². The van der Waals surface area contributed by atoms with Gasteiger partial charge in [-0.05, 0) is 37.6 Å². The summed E-state index contributed by atoms with van der Waals surface area (Å²) in [6, 6.07) is 13.1. The number of carbonyl (C=O) groups excluding carboxylic acids is 2. The van der Waals surface area contributed by atoms with Gasteiger partial charge in [0.15, 0.2) is 6.10 Å². The van der Waals surface area contributed by atoms with Crippen LogP contribution in [0.4, 0.5) is 5.69 Å². The standard InChI is InChI=1S/C19H20N2O3/c1-12-8-9-13(2)14(10-12)19(23)21-11-17(18(22)20-3)24-16-7-5-4-6-15(16)21/h4-10,17H,11H2,1-3H3,(H,20,22). The Balaban J connectivity index is 2.03. The number of amides is 2. The summed E-state index contributed by atoms with van der Waals surface area (Å²) in [6.07, 6.45) is -0.723. The fourth-order valence-corrected chi connectivity index (χ4v) is 2.84. The Labute approximate surface area is 141 Å². The monoisotopic (exact) mass is 324 g/mol. The summed E-state index contributed by atoms with van der Waals surface area (Å²) in [5.41, 5.74) is 3.25. The predicted molar refractivity (Wildman–Crippen MR) is 92.5 cm³/mol. The number of hydrogen-bond donors (Lipinski definition) is 1. The fraction of sp³-hybridized carbons (Fsp3) is 0.263. The maximum atomic E-state index is 13.1. The van der Waals surface area contributed by atoms with Crippen molar-refractivity contribution in [2.24, 2.45) is 0 Å². The minimum atomic E-state index is -0.723. The lowest BCUT2D eigenvalue weighted by Crippen LogP contribution is -2.50. The van der Waals surface area contributed by atoms with Crippen LogP contribution in [-0.4, -0.2) is 31.5 Å². The third-order valence-corrected chi connectivity index (χ3v) is 4.18. The zero-order chi connectivity index (χ0) is 17.3. The molecular formula is C19H20N2O3. The van der Waals surface area contributed by atoms with Gasteiger partial charge < -0.3 is 15.0 Å². The average Bonchev–Trinajstić information content (AvgIpc) is 2.61. The molecule has 1 unspecified atom stereocenters. The van der Waals surface area contributed by atoms with Crippen molar-refractivity contribution in [3.05, 3.63) is 59.2 Å². The molecule has 0 fully saturated rings. The van der Waals surface area contributed by atoms with Gasteiger partial charge in [-0.3, -0.25) is 9.59 Å². The van der Waals surface area contributed by atoms with E-state index < -0.39 is 6.10 Å². The summed E-state index contributed by atoms with van der Waals surface area (Å²) < 4.78 is 5.75. The largest absolute Gasteiger partial charge is 0.477 e. The Kier molecular flexibility index (Phi) is 4.25. The molecule has 124 valence electrons. The number of fused-ring (bicyclic) bond motifs is 1. The van der Waals surface area contributed by atoms with Crippen molar-refractivity contribution in [1.29, 1.82) is 0 Å². The highest BCUT2D eigenvalue weighted by Crippen LogP contribution is 2.34. The van der Waals surface area contributed by atoms with Gasteiger partial charge in [0.05, 0.1) is 12.2 Å². The summed E-state index contributed by atoms with van der Waals surface area (Å²) >= 11 is 0. The quantitative estimate of drug-likeness (QED) is 0.923. The highest BCUT2D eigenvalue weighted by Gasteiger charge is 2.34. The maximum absolute atomic E-state index is 13.1. The van der Waals surface area contributed by atoms with Crippen LogP contribution in [0.3, 0.4) is 0 Å². The maximum Gasteiger partial charge on any atom is 0.262 e. The first-order chi connectivity index (χ1) is 11.5. The Hall–Kier alpha value is -2.82. The van der Waals surface area contributed by atoms with E-state index in [1.807, 2.05) is 50.2 Å². The smallest absolute Gasteiger partial charge is 0.262 e. The first-order valence-corrected chi connectivity index (χ1v) is 7.87. The Morgan fingerprint density at radius 1 is 1.17 bits per heavy atom. The molecule has 1 heterocycles. The van der Waals surface area contributed by atoms with Crippen LogP contribution in [0.2, 0.25) is 0 Å². The molecule has 0 spiro atoms. The molecule has 0 bridgehead atoms. The number of likely N-dealkylation sites (N-methyl/N-ethyl adjacent to an activating group) is 1. The third-order valence-electron chi connectivity index (χ3n) is 4.18. The predicted octanol–water partition coefficient (Wildman–Crippen LogP) is 2.46. The number of aryl methyl sites for hydroxylation is 2. The van der Waals surface area contributed by atoms with Gasteiger partial charge >= 0.3 is 0 Å². The van der Waals surface area contributed by atoms with E-state index >= 15 is 0 Å². The van der Waals surface area contributed by atoms with E-state index in [1.54, 1.807) is 18.0 Å². The minimum Gasteiger partial charge on any atom is -0.477 e. The lowest BCUT2D eigenvalue weighted by atomic mass is 10.0. The minimum absolute atomic E-state index is 0.124. The Morgan fingerprint density at radius 2 is 1.92 bits per heavy atom. The van der Waals surface area contributed by atoms with Crippen molar-refractivity contribution in [1.82, 2.24) is 5.32 Å². The van der Waals surface area contributed by atoms with Gasteiger partial charge in [-0.15, -0.1) is 0 Å². The Morgan fingerprint density at radius 3 is 2.67 bits per heavy atom. The molecule has 3 rings (SSSR count). The van der Waals surface area contributed by atoms with Crippen molar-refractivity contribution in [2.75, 3.05) is 18.5 Å². The normalized spacial score (nSPS) is 16.1. The number of nitrogens with one attached hydrogen (secondary N) is 1. The average molecular weight is 324 g/mol. The fourth-order valence-electron chi connectivity index (χ4n) is 2.84. The van der Waals surface area contributed by atoms with Crippen LogP contribution >= 0.6 is 0 Å². The first-order valence-electron chi connectivity index (χ1n) is 7.87. The molecule has 5 nitrogen and oxygen atoms in total. The van der Waals surface area contributed by atoms with E-state index in [0.29, 0.717) is 17.0 Å². The molecular weight excluding hydrogens is 304 g/mol. The molecule has 1 aliphatic heterocycles. The molecule has 24 heavy (non-hydrogen) atoms. The molecule has 0 saturated heterocycles. The second-order valence-electron chi connectivity index (χ2n) is 5.92. The molecule has 1 aliphatic rings. The summed E-state index contributed by atoms with van der Waals surface area (Å²) in [6.45, 7) is 4.05. The zero-order valence-corrected chi connectivity index (χ0v) is 14.0. The van der Waals surface area contributed by atoms with Crippen LogP contribution in [0.5, 0.6) is 5.75 Å². The number of benzene rings is 2. The number of hydrogen-bond acceptors (Lipinski definition) is 3. The highest BCUT2D eigenvalue weighted by molar-refractivity contribution is 6.08. The summed E-state index contributed by atoms with van der Waals surface area (Å²) in [5, 5.41) is 2.58. The molecule has 5 heteroatoms. The van der Waals surface area contributed by atoms with Crippen molar-refractivity contribution >= 4 is 17.5 Å². The lowest BCUT2D eigenvalue weighted by Gasteiger charge is -2.34. The van der Waals surface area contributed by atoms with Gasteiger partial charge in [0.1, 0.15) is 5.75 Å². The van der Waals surface area contributed by atoms with E-state index in [0.717, 1.165) is 11.1 Å². The number of anilines is 1. The van der Waals surface area contributed by atoms with Gasteiger partial charge in [0, 0.05) is 12.6 Å². The molecule has 2 aromatic rings. The molecule has 1 N–H and O–H groups in total. The molecule has 2 amide bonds. The van der Waals surface area contributed by atoms with Crippen LogP contribution < -0.4 is 15.0 Å². The Bertz CT molecular complexity index is 801. The first kappa shape index (κ1) is 16.1. The second kappa shape index (κ2) is 6.35. The highest BCUT2D eigenvalue weighted by atomic mass is 16.5. The van der Waals surface area contributed by atoms with E-state index in [2.05, 4.69) is 5.32 Å². The van der Waals surface area contributed by atoms with Crippen LogP contribution in [-0.2, 0) is 4.79 Å². The topological polar surface area (TPSA) is 58.6 Å². The number of para-hydroxylation sites is 2. The molecule has 0 radical (unpaired) electrons. The van der Waals surface area contributed by atoms with Crippen molar-refractivity contribution in [3.63, 3.8) is 0 Å². The van der Waals surface area contributed by atoms with E-state index in [1.165, 1.54) is 0 Å². The van der Waals surface area contributed by atoms with Gasteiger partial charge in [-0.2, -0.15) is 0 Å². The summed E-state index contributed by atoms with van der Waals surface area (Å²) in [7, 11) is 1.56. The van der Waals surface area contributed by atoms with Crippen LogP contribution in [0, 0.1) is 13.8 Å². The molecule has 0 aliphatic carbocycles.